The molecule has 0 heterocycles. The van der Waals surface area contributed by atoms with Crippen molar-refractivity contribution in [3.05, 3.63) is 99.6 Å². The summed E-state index contributed by atoms with van der Waals surface area (Å²) in [6.07, 6.45) is 1.67. The fourth-order valence-corrected chi connectivity index (χ4v) is 2.87. The summed E-state index contributed by atoms with van der Waals surface area (Å²) in [7, 11) is 0. The van der Waals surface area contributed by atoms with E-state index in [2.05, 4.69) is 6.07 Å². The molecule has 0 N–H and O–H groups in total. The maximum absolute atomic E-state index is 11.0. The number of hydrogen-bond donors (Lipinski definition) is 0. The van der Waals surface area contributed by atoms with Gasteiger partial charge < -0.3 is 9.47 Å². The van der Waals surface area contributed by atoms with Crippen LogP contribution in [0.2, 0.25) is 0 Å². The van der Waals surface area contributed by atoms with Crippen molar-refractivity contribution < 1.29 is 14.4 Å². The molecular weight excluding hydrogens is 380 g/mol. The largest absolute Gasteiger partial charge is 0.490 e. The van der Waals surface area contributed by atoms with E-state index in [1.54, 1.807) is 30.3 Å². The number of nitro benzene ring substituents is 1. The van der Waals surface area contributed by atoms with Gasteiger partial charge in [-0.25, -0.2) is 0 Å². The van der Waals surface area contributed by atoms with E-state index in [0.29, 0.717) is 35.8 Å². The van der Waals surface area contributed by atoms with Crippen LogP contribution in [0.15, 0.2) is 72.8 Å². The molecule has 0 spiro atoms. The van der Waals surface area contributed by atoms with Gasteiger partial charge in [-0.05, 0) is 41.8 Å². The number of ether oxygens (including phenoxy) is 2. The van der Waals surface area contributed by atoms with Gasteiger partial charge in [-0.3, -0.25) is 10.1 Å². The summed E-state index contributed by atoms with van der Waals surface area (Å²) in [5.74, 6) is 1.17. The number of hydrogen-bond acceptors (Lipinski definition) is 5. The number of benzene rings is 3. The Kier molecular flexibility index (Phi) is 6.80. The lowest BCUT2D eigenvalue weighted by atomic mass is 10.0. The third-order valence-electron chi connectivity index (χ3n) is 4.30. The van der Waals surface area contributed by atoms with E-state index in [0.717, 1.165) is 11.1 Å². The van der Waals surface area contributed by atoms with E-state index in [4.69, 9.17) is 9.47 Å². The van der Waals surface area contributed by atoms with Crippen LogP contribution in [0.5, 0.6) is 11.5 Å². The number of non-ortho nitro benzene ring substituents is 1. The summed E-state index contributed by atoms with van der Waals surface area (Å²) in [5, 5.41) is 20.6. The van der Waals surface area contributed by atoms with Crippen molar-refractivity contribution in [2.24, 2.45) is 0 Å². The van der Waals surface area contributed by atoms with E-state index >= 15 is 0 Å². The molecule has 0 radical (unpaired) electrons. The molecule has 30 heavy (non-hydrogen) atoms. The van der Waals surface area contributed by atoms with Gasteiger partial charge in [0, 0.05) is 12.1 Å². The highest BCUT2D eigenvalue weighted by atomic mass is 16.6. The smallest absolute Gasteiger partial charge is 0.270 e. The maximum atomic E-state index is 11.0. The first kappa shape index (κ1) is 20.6. The van der Waals surface area contributed by atoms with Gasteiger partial charge in [-0.1, -0.05) is 48.5 Å². The van der Waals surface area contributed by atoms with E-state index in [1.807, 2.05) is 43.3 Å². The Morgan fingerprint density at radius 3 is 2.53 bits per heavy atom. The van der Waals surface area contributed by atoms with E-state index in [9.17, 15) is 15.4 Å². The summed E-state index contributed by atoms with van der Waals surface area (Å²) in [4.78, 5) is 10.5. The van der Waals surface area contributed by atoms with Crippen molar-refractivity contribution >= 4 is 17.3 Å². The van der Waals surface area contributed by atoms with Crippen LogP contribution in [0.3, 0.4) is 0 Å². The minimum Gasteiger partial charge on any atom is -0.490 e. The van der Waals surface area contributed by atoms with Crippen molar-refractivity contribution in [3.63, 3.8) is 0 Å². The van der Waals surface area contributed by atoms with Crippen molar-refractivity contribution in [1.82, 2.24) is 0 Å². The van der Waals surface area contributed by atoms with Gasteiger partial charge >= 0.3 is 0 Å². The first-order chi connectivity index (χ1) is 14.6. The quantitative estimate of drug-likeness (QED) is 0.211. The third-order valence-corrected chi connectivity index (χ3v) is 4.30. The van der Waals surface area contributed by atoms with Crippen LogP contribution in [-0.4, -0.2) is 11.5 Å². The van der Waals surface area contributed by atoms with Gasteiger partial charge in [-0.15, -0.1) is 0 Å². The molecule has 0 aliphatic heterocycles. The average Bonchev–Trinajstić information content (AvgIpc) is 2.78. The molecular formula is C24H20N2O4. The zero-order chi connectivity index (χ0) is 21.3. The van der Waals surface area contributed by atoms with Gasteiger partial charge in [0.05, 0.1) is 23.2 Å². The van der Waals surface area contributed by atoms with Crippen molar-refractivity contribution in [2.75, 3.05) is 6.61 Å². The molecule has 0 amide bonds. The van der Waals surface area contributed by atoms with Crippen molar-refractivity contribution in [3.8, 4) is 17.6 Å². The fraction of sp³-hybridized carbons (Fsp3) is 0.125. The molecule has 0 unspecified atom stereocenters. The first-order valence-electron chi connectivity index (χ1n) is 9.41. The lowest BCUT2D eigenvalue weighted by molar-refractivity contribution is -0.384. The minimum atomic E-state index is -0.482. The van der Waals surface area contributed by atoms with E-state index in [-0.39, 0.29) is 5.69 Å². The topological polar surface area (TPSA) is 85.4 Å². The average molecular weight is 400 g/mol. The highest BCUT2D eigenvalue weighted by molar-refractivity contribution is 5.90. The second kappa shape index (κ2) is 9.89. The van der Waals surface area contributed by atoms with Crippen LogP contribution in [0.4, 0.5) is 5.69 Å². The Labute approximate surface area is 174 Å². The van der Waals surface area contributed by atoms with Gasteiger partial charge in [0.25, 0.3) is 5.69 Å². The molecule has 0 aliphatic carbocycles. The molecule has 0 bridgehead atoms. The molecule has 0 saturated heterocycles. The van der Waals surface area contributed by atoms with Crippen LogP contribution in [0.25, 0.3) is 11.6 Å². The summed E-state index contributed by atoms with van der Waals surface area (Å²) >= 11 is 0. The Balaban J connectivity index is 1.88. The second-order valence-electron chi connectivity index (χ2n) is 6.39. The van der Waals surface area contributed by atoms with Gasteiger partial charge in [0.15, 0.2) is 11.5 Å². The molecule has 0 aliphatic rings. The Morgan fingerprint density at radius 2 is 1.83 bits per heavy atom. The Hall–Kier alpha value is -4.11. The molecule has 0 saturated carbocycles. The van der Waals surface area contributed by atoms with E-state index in [1.165, 1.54) is 12.1 Å². The highest BCUT2D eigenvalue weighted by Gasteiger charge is 2.11. The number of nitrogens with zero attached hydrogens (tertiary/aromatic N) is 2. The zero-order valence-electron chi connectivity index (χ0n) is 16.4. The number of nitriles is 1. The second-order valence-corrected chi connectivity index (χ2v) is 6.39. The summed E-state index contributed by atoms with van der Waals surface area (Å²) in [6.45, 7) is 2.76. The molecule has 0 aromatic heterocycles. The van der Waals surface area contributed by atoms with Crippen LogP contribution >= 0.6 is 0 Å². The van der Waals surface area contributed by atoms with Crippen LogP contribution in [-0.2, 0) is 6.61 Å². The maximum Gasteiger partial charge on any atom is 0.270 e. The highest BCUT2D eigenvalue weighted by Crippen LogP contribution is 2.31. The van der Waals surface area contributed by atoms with E-state index < -0.39 is 4.92 Å². The van der Waals surface area contributed by atoms with Crippen LogP contribution in [0, 0.1) is 21.4 Å². The number of rotatable bonds is 8. The predicted octanol–water partition coefficient (Wildman–Crippen LogP) is 5.64. The van der Waals surface area contributed by atoms with Gasteiger partial charge in [0.1, 0.15) is 6.61 Å². The number of allylic oxidation sites excluding steroid dienone is 1. The lowest BCUT2D eigenvalue weighted by Gasteiger charge is -2.13. The van der Waals surface area contributed by atoms with Gasteiger partial charge in [0.2, 0.25) is 0 Å². The lowest BCUT2D eigenvalue weighted by Crippen LogP contribution is -2.00. The van der Waals surface area contributed by atoms with Crippen LogP contribution < -0.4 is 9.47 Å². The molecule has 6 nitrogen and oxygen atoms in total. The first-order valence-corrected chi connectivity index (χ1v) is 9.41. The molecule has 3 rings (SSSR count). The molecule has 3 aromatic carbocycles. The molecule has 0 atom stereocenters. The molecule has 0 fully saturated rings. The predicted molar refractivity (Wildman–Crippen MR) is 115 cm³/mol. The minimum absolute atomic E-state index is 0.0617. The standard InChI is InChI=1S/C24H20N2O4/c1-2-29-24-14-19(11-12-23(24)30-17-18-7-4-3-5-8-18)13-21(16-25)20-9-6-10-22(15-20)26(27)28/h3-15H,2,17H2,1H3/b21-13-. The molecule has 3 aromatic rings. The Morgan fingerprint density at radius 1 is 1.03 bits per heavy atom. The number of nitro groups is 1. The van der Waals surface area contributed by atoms with Crippen molar-refractivity contribution in [2.45, 2.75) is 13.5 Å². The SMILES string of the molecule is CCOc1cc(/C=C(/C#N)c2cccc([N+](=O)[O-])c2)ccc1OCc1ccccc1. The summed E-state index contributed by atoms with van der Waals surface area (Å²) in [6, 6.07) is 23.3. The normalized spacial score (nSPS) is 10.9. The summed E-state index contributed by atoms with van der Waals surface area (Å²) < 4.78 is 11.6. The van der Waals surface area contributed by atoms with Crippen molar-refractivity contribution in [1.29, 1.82) is 5.26 Å². The molecule has 150 valence electrons. The molecule has 6 heteroatoms. The summed E-state index contributed by atoms with van der Waals surface area (Å²) in [5.41, 5.74) is 2.51. The monoisotopic (exact) mass is 400 g/mol. The zero-order valence-corrected chi connectivity index (χ0v) is 16.4. The Bertz CT molecular complexity index is 1100. The fourth-order valence-electron chi connectivity index (χ4n) is 2.87. The third kappa shape index (κ3) is 5.24. The van der Waals surface area contributed by atoms with Gasteiger partial charge in [-0.2, -0.15) is 5.26 Å². The van der Waals surface area contributed by atoms with Crippen LogP contribution in [0.1, 0.15) is 23.6 Å².